The number of para-hydroxylation sites is 1. The summed E-state index contributed by atoms with van der Waals surface area (Å²) in [5, 5.41) is 12.1. The minimum absolute atomic E-state index is 0.0308. The Morgan fingerprint density at radius 1 is 1.31 bits per heavy atom. The Hall–Kier alpha value is -1.62. The Kier molecular flexibility index (Phi) is 3.36. The first-order valence-corrected chi connectivity index (χ1v) is 5.78. The van der Waals surface area contributed by atoms with E-state index in [1.807, 2.05) is 24.3 Å². The van der Waals surface area contributed by atoms with Gasteiger partial charge in [0.25, 0.3) is 0 Å². The van der Waals surface area contributed by atoms with Gasteiger partial charge in [-0.1, -0.05) is 18.2 Å². The number of aromatic nitrogens is 2. The molecule has 0 bridgehead atoms. The van der Waals surface area contributed by atoms with Crippen LogP contribution in [0.25, 0.3) is 10.9 Å². The Bertz CT molecular complexity index is 511. The monoisotopic (exact) mass is 233 g/mol. The van der Waals surface area contributed by atoms with Gasteiger partial charge >= 0.3 is 0 Å². The molecule has 1 aromatic heterocycles. The third-order valence-electron chi connectivity index (χ3n) is 2.05. The van der Waals surface area contributed by atoms with Crippen LogP contribution in [0.2, 0.25) is 0 Å². The highest BCUT2D eigenvalue weighted by Crippen LogP contribution is 2.24. The third-order valence-corrected chi connectivity index (χ3v) is 3.06. The molecule has 0 amide bonds. The number of hydrogen-bond donors (Lipinski definition) is 0. The number of carboxylic acids is 1. The van der Waals surface area contributed by atoms with Gasteiger partial charge in [0.1, 0.15) is 11.4 Å². The van der Waals surface area contributed by atoms with Crippen molar-refractivity contribution in [3.63, 3.8) is 0 Å². The molecule has 16 heavy (non-hydrogen) atoms. The number of carboxylic acid groups (broad SMARTS) is 1. The smallest absolute Gasteiger partial charge is 0.117 e. The van der Waals surface area contributed by atoms with Gasteiger partial charge in [-0.05, 0) is 12.5 Å². The average Bonchev–Trinajstić information content (AvgIpc) is 2.29. The zero-order chi connectivity index (χ0) is 11.4. The maximum Gasteiger partial charge on any atom is 0.117 e. The second-order valence-corrected chi connectivity index (χ2v) is 4.25. The third kappa shape index (κ3) is 2.49. The molecule has 0 spiro atoms. The van der Waals surface area contributed by atoms with E-state index < -0.39 is 5.97 Å². The molecule has 0 aliphatic carbocycles. The molecule has 0 atom stereocenters. The lowest BCUT2D eigenvalue weighted by molar-refractivity contribution is -0.305. The van der Waals surface area contributed by atoms with E-state index >= 15 is 0 Å². The van der Waals surface area contributed by atoms with E-state index in [0.717, 1.165) is 15.9 Å². The predicted octanol–water partition coefficient (Wildman–Crippen LogP) is 0.862. The molecule has 0 radical (unpaired) electrons. The highest BCUT2D eigenvalue weighted by Gasteiger charge is 2.02. The first kappa shape index (κ1) is 10.9. The first-order valence-electron chi connectivity index (χ1n) is 4.80. The van der Waals surface area contributed by atoms with Crippen LogP contribution >= 0.6 is 11.8 Å². The van der Waals surface area contributed by atoms with E-state index in [2.05, 4.69) is 9.97 Å². The lowest BCUT2D eigenvalue weighted by atomic mass is 10.2. The number of aliphatic carboxylic acids is 1. The molecule has 0 aliphatic rings. The Labute approximate surface area is 96.7 Å². The van der Waals surface area contributed by atoms with Gasteiger partial charge in [0.05, 0.1) is 5.52 Å². The quantitative estimate of drug-likeness (QED) is 0.579. The zero-order valence-electron chi connectivity index (χ0n) is 8.42. The molecule has 0 N–H and O–H groups in total. The minimum Gasteiger partial charge on any atom is -0.550 e. The molecule has 1 heterocycles. The van der Waals surface area contributed by atoms with Crippen molar-refractivity contribution in [2.45, 2.75) is 11.4 Å². The van der Waals surface area contributed by atoms with E-state index in [-0.39, 0.29) is 6.42 Å². The summed E-state index contributed by atoms with van der Waals surface area (Å²) in [6.45, 7) is 0. The second-order valence-electron chi connectivity index (χ2n) is 3.17. The van der Waals surface area contributed by atoms with Crippen molar-refractivity contribution in [1.29, 1.82) is 0 Å². The van der Waals surface area contributed by atoms with Crippen molar-refractivity contribution in [2.24, 2.45) is 0 Å². The summed E-state index contributed by atoms with van der Waals surface area (Å²) < 4.78 is 0. The lowest BCUT2D eigenvalue weighted by Gasteiger charge is -2.04. The second kappa shape index (κ2) is 4.94. The summed E-state index contributed by atoms with van der Waals surface area (Å²) in [5.74, 6) is -0.575. The van der Waals surface area contributed by atoms with E-state index in [1.165, 1.54) is 18.1 Å². The SMILES string of the molecule is O=C([O-])CCSc1ncnc2ccccc12. The molecule has 2 rings (SSSR count). The summed E-state index contributed by atoms with van der Waals surface area (Å²) in [4.78, 5) is 18.6. The fourth-order valence-electron chi connectivity index (χ4n) is 1.33. The van der Waals surface area contributed by atoms with Crippen LogP contribution in [0, 0.1) is 0 Å². The summed E-state index contributed by atoms with van der Waals surface area (Å²) in [6.07, 6.45) is 1.52. The van der Waals surface area contributed by atoms with Gasteiger partial charge < -0.3 is 9.90 Å². The van der Waals surface area contributed by atoms with Crippen LogP contribution in [0.5, 0.6) is 0 Å². The Balaban J connectivity index is 2.20. The molecule has 0 unspecified atom stereocenters. The van der Waals surface area contributed by atoms with Gasteiger partial charge in [0.15, 0.2) is 0 Å². The largest absolute Gasteiger partial charge is 0.550 e. The molecule has 82 valence electrons. The van der Waals surface area contributed by atoms with E-state index in [4.69, 9.17) is 0 Å². The van der Waals surface area contributed by atoms with Crippen molar-refractivity contribution in [3.8, 4) is 0 Å². The average molecular weight is 233 g/mol. The summed E-state index contributed by atoms with van der Waals surface area (Å²) in [6, 6.07) is 7.65. The Morgan fingerprint density at radius 2 is 2.12 bits per heavy atom. The molecule has 0 aliphatic heterocycles. The van der Waals surface area contributed by atoms with Crippen molar-refractivity contribution in [2.75, 3.05) is 5.75 Å². The predicted molar refractivity (Wildman–Crippen MR) is 59.9 cm³/mol. The molecule has 5 heteroatoms. The highest BCUT2D eigenvalue weighted by molar-refractivity contribution is 7.99. The molecular weight excluding hydrogens is 224 g/mol. The van der Waals surface area contributed by atoms with Gasteiger partial charge in [-0.3, -0.25) is 0 Å². The molecule has 0 saturated carbocycles. The van der Waals surface area contributed by atoms with E-state index in [9.17, 15) is 9.90 Å². The van der Waals surface area contributed by atoms with Gasteiger partial charge in [-0.15, -0.1) is 11.8 Å². The van der Waals surface area contributed by atoms with Gasteiger partial charge in [-0.2, -0.15) is 0 Å². The topological polar surface area (TPSA) is 65.9 Å². The normalized spacial score (nSPS) is 10.5. The lowest BCUT2D eigenvalue weighted by Crippen LogP contribution is -2.22. The number of carbonyl (C=O) groups excluding carboxylic acids is 1. The summed E-state index contributed by atoms with van der Waals surface area (Å²) in [5.41, 5.74) is 0.869. The molecule has 2 aromatic rings. The van der Waals surface area contributed by atoms with Crippen molar-refractivity contribution >= 4 is 28.6 Å². The van der Waals surface area contributed by atoms with Crippen molar-refractivity contribution in [3.05, 3.63) is 30.6 Å². The minimum atomic E-state index is -1.04. The fourth-order valence-corrected chi connectivity index (χ4v) is 2.24. The number of nitrogens with zero attached hydrogens (tertiary/aromatic N) is 2. The van der Waals surface area contributed by atoms with Crippen LogP contribution in [0.3, 0.4) is 0 Å². The molecule has 1 aromatic carbocycles. The standard InChI is InChI=1S/C11H10N2O2S/c14-10(15)5-6-16-11-8-3-1-2-4-9(8)12-7-13-11/h1-4,7H,5-6H2,(H,14,15)/p-1. The van der Waals surface area contributed by atoms with Crippen LogP contribution in [0.4, 0.5) is 0 Å². The number of fused-ring (bicyclic) bond motifs is 1. The number of thioether (sulfide) groups is 1. The van der Waals surface area contributed by atoms with Crippen LogP contribution in [-0.2, 0) is 4.79 Å². The summed E-state index contributed by atoms with van der Waals surface area (Å²) in [7, 11) is 0. The van der Waals surface area contributed by atoms with E-state index in [1.54, 1.807) is 0 Å². The molecular formula is C11H9N2O2S-. The fraction of sp³-hybridized carbons (Fsp3) is 0.182. The summed E-state index contributed by atoms with van der Waals surface area (Å²) >= 11 is 1.41. The van der Waals surface area contributed by atoms with E-state index in [0.29, 0.717) is 5.75 Å². The van der Waals surface area contributed by atoms with Crippen LogP contribution in [-0.4, -0.2) is 21.7 Å². The maximum absolute atomic E-state index is 10.3. The highest BCUT2D eigenvalue weighted by atomic mass is 32.2. The Morgan fingerprint density at radius 3 is 2.94 bits per heavy atom. The molecule has 0 saturated heterocycles. The first-order chi connectivity index (χ1) is 7.77. The van der Waals surface area contributed by atoms with Gasteiger partial charge in [-0.25, -0.2) is 9.97 Å². The number of carbonyl (C=O) groups is 1. The zero-order valence-corrected chi connectivity index (χ0v) is 9.24. The molecule has 4 nitrogen and oxygen atoms in total. The molecule has 0 fully saturated rings. The van der Waals surface area contributed by atoms with Gasteiger partial charge in [0, 0.05) is 17.1 Å². The van der Waals surface area contributed by atoms with Crippen molar-refractivity contribution in [1.82, 2.24) is 9.97 Å². The number of hydrogen-bond acceptors (Lipinski definition) is 5. The number of benzene rings is 1. The van der Waals surface area contributed by atoms with Gasteiger partial charge in [0.2, 0.25) is 0 Å². The van der Waals surface area contributed by atoms with Crippen molar-refractivity contribution < 1.29 is 9.90 Å². The maximum atomic E-state index is 10.3. The van der Waals surface area contributed by atoms with Crippen LogP contribution in [0.15, 0.2) is 35.6 Å². The van der Waals surface area contributed by atoms with Crippen LogP contribution < -0.4 is 5.11 Å². The number of rotatable bonds is 4. The van der Waals surface area contributed by atoms with Crippen LogP contribution in [0.1, 0.15) is 6.42 Å².